The molecule has 0 fully saturated rings. The number of hydrogen-bond donors (Lipinski definition) is 1. The van der Waals surface area contributed by atoms with E-state index in [1.165, 1.54) is 29.7 Å². The largest absolute Gasteiger partial charge is 0.383 e. The summed E-state index contributed by atoms with van der Waals surface area (Å²) in [6.07, 6.45) is 4.82. The number of pyridine rings is 1. The Morgan fingerprint density at radius 2 is 2.14 bits per heavy atom. The number of ether oxygens (including phenoxy) is 1. The van der Waals surface area contributed by atoms with Gasteiger partial charge < -0.3 is 10.1 Å². The molecule has 1 aliphatic rings. The highest BCUT2D eigenvalue weighted by Crippen LogP contribution is 2.30. The van der Waals surface area contributed by atoms with Crippen molar-refractivity contribution in [1.82, 2.24) is 9.97 Å². The van der Waals surface area contributed by atoms with Crippen LogP contribution >= 0.6 is 11.3 Å². The number of hydrogen-bond acceptors (Lipinski definition) is 5. The average molecular weight is 303 g/mol. The maximum Gasteiger partial charge on any atom is 0.183 e. The van der Waals surface area contributed by atoms with Crippen LogP contribution < -0.4 is 5.32 Å². The van der Waals surface area contributed by atoms with E-state index in [1.54, 1.807) is 18.4 Å². The van der Waals surface area contributed by atoms with E-state index < -0.39 is 0 Å². The molecule has 2 aromatic rings. The molecule has 0 bridgehead atoms. The van der Waals surface area contributed by atoms with E-state index in [1.807, 2.05) is 0 Å². The Morgan fingerprint density at radius 1 is 1.29 bits per heavy atom. The molecule has 3 rings (SSSR count). The number of nitrogens with zero attached hydrogens (tertiary/aromatic N) is 2. The van der Waals surface area contributed by atoms with Gasteiger partial charge in [-0.1, -0.05) is 0 Å². The van der Waals surface area contributed by atoms with Crippen LogP contribution in [-0.4, -0.2) is 30.2 Å². The highest BCUT2D eigenvalue weighted by Gasteiger charge is 2.15. The summed E-state index contributed by atoms with van der Waals surface area (Å²) < 4.78 is 5.04. The summed E-state index contributed by atoms with van der Waals surface area (Å²) in [6.45, 7) is 3.56. The first kappa shape index (κ1) is 14.5. The highest BCUT2D eigenvalue weighted by atomic mass is 32.1. The first-order valence-corrected chi connectivity index (χ1v) is 8.34. The van der Waals surface area contributed by atoms with E-state index >= 15 is 0 Å². The van der Waals surface area contributed by atoms with Crippen LogP contribution in [0.4, 0.5) is 5.13 Å². The minimum atomic E-state index is 0.689. The number of rotatable bonds is 5. The van der Waals surface area contributed by atoms with Crippen molar-refractivity contribution >= 4 is 16.5 Å². The van der Waals surface area contributed by atoms with Gasteiger partial charge >= 0.3 is 0 Å². The summed E-state index contributed by atoms with van der Waals surface area (Å²) in [5.74, 6) is 0. The molecule has 0 aromatic carbocycles. The van der Waals surface area contributed by atoms with Crippen LogP contribution in [0.1, 0.15) is 29.8 Å². The minimum Gasteiger partial charge on any atom is -0.383 e. The van der Waals surface area contributed by atoms with Crippen LogP contribution in [0.2, 0.25) is 0 Å². The van der Waals surface area contributed by atoms with Gasteiger partial charge in [0, 0.05) is 36.0 Å². The zero-order chi connectivity index (χ0) is 14.7. The summed E-state index contributed by atoms with van der Waals surface area (Å²) in [5.41, 5.74) is 5.98. The predicted molar refractivity (Wildman–Crippen MR) is 87.1 cm³/mol. The van der Waals surface area contributed by atoms with Gasteiger partial charge in [0.2, 0.25) is 0 Å². The van der Waals surface area contributed by atoms with Gasteiger partial charge in [-0.2, -0.15) is 0 Å². The number of nitrogens with one attached hydrogen (secondary N) is 1. The minimum absolute atomic E-state index is 0.689. The van der Waals surface area contributed by atoms with Crippen molar-refractivity contribution < 1.29 is 4.74 Å². The lowest BCUT2D eigenvalue weighted by molar-refractivity contribution is 0.211. The molecule has 0 spiro atoms. The lowest BCUT2D eigenvalue weighted by Gasteiger charge is -2.16. The molecule has 0 radical (unpaired) electrons. The summed E-state index contributed by atoms with van der Waals surface area (Å²) in [4.78, 5) is 9.47. The first-order valence-electron chi connectivity index (χ1n) is 7.46. The molecule has 112 valence electrons. The Labute approximate surface area is 129 Å². The second-order valence-electron chi connectivity index (χ2n) is 5.39. The lowest BCUT2D eigenvalue weighted by atomic mass is 9.93. The summed E-state index contributed by atoms with van der Waals surface area (Å²) in [6, 6.07) is 2.30. The molecule has 2 heterocycles. The van der Waals surface area contributed by atoms with Gasteiger partial charge in [0.1, 0.15) is 0 Å². The molecule has 0 unspecified atom stereocenters. The molecule has 1 N–H and O–H groups in total. The maximum atomic E-state index is 5.04. The smallest absolute Gasteiger partial charge is 0.183 e. The number of anilines is 1. The number of aryl methyl sites for hydroxylation is 3. The Kier molecular flexibility index (Phi) is 4.51. The lowest BCUT2D eigenvalue weighted by Crippen LogP contribution is -2.08. The topological polar surface area (TPSA) is 47.0 Å². The number of thiazole rings is 1. The Balaban J connectivity index is 1.83. The zero-order valence-corrected chi connectivity index (χ0v) is 13.4. The van der Waals surface area contributed by atoms with Crippen LogP contribution in [0.25, 0.3) is 11.3 Å². The fourth-order valence-electron chi connectivity index (χ4n) is 2.74. The quantitative estimate of drug-likeness (QED) is 0.859. The molecule has 0 saturated carbocycles. The zero-order valence-electron chi connectivity index (χ0n) is 12.6. The molecule has 21 heavy (non-hydrogen) atoms. The molecular weight excluding hydrogens is 282 g/mol. The van der Waals surface area contributed by atoms with E-state index in [-0.39, 0.29) is 0 Å². The molecule has 4 nitrogen and oxygen atoms in total. The van der Waals surface area contributed by atoms with E-state index in [9.17, 15) is 0 Å². The molecule has 5 heteroatoms. The Bertz CT molecular complexity index is 624. The van der Waals surface area contributed by atoms with Crippen molar-refractivity contribution in [3.05, 3.63) is 28.4 Å². The maximum absolute atomic E-state index is 5.04. The Hall–Kier alpha value is -1.46. The highest BCUT2D eigenvalue weighted by molar-refractivity contribution is 7.14. The molecule has 2 aromatic heterocycles. The van der Waals surface area contributed by atoms with Gasteiger partial charge in [-0.05, 0) is 44.2 Å². The van der Waals surface area contributed by atoms with E-state index in [0.29, 0.717) is 6.61 Å². The van der Waals surface area contributed by atoms with Gasteiger partial charge in [-0.3, -0.25) is 4.98 Å². The van der Waals surface area contributed by atoms with Crippen molar-refractivity contribution in [3.8, 4) is 11.3 Å². The molecule has 0 atom stereocenters. The molecule has 0 saturated heterocycles. The van der Waals surface area contributed by atoms with Crippen LogP contribution in [0.3, 0.4) is 0 Å². The van der Waals surface area contributed by atoms with Crippen molar-refractivity contribution in [2.24, 2.45) is 0 Å². The van der Waals surface area contributed by atoms with Gasteiger partial charge in [-0.15, -0.1) is 11.3 Å². The SMILES string of the molecule is COCCNc1nc(-c2cc3c(nc2C)CCCC3)cs1. The van der Waals surface area contributed by atoms with Gasteiger partial charge in [-0.25, -0.2) is 4.98 Å². The van der Waals surface area contributed by atoms with Crippen LogP contribution in [-0.2, 0) is 17.6 Å². The standard InChI is InChI=1S/C16H21N3OS/c1-11-13(9-12-5-3-4-6-14(12)18-11)15-10-21-16(19-15)17-7-8-20-2/h9-10H,3-8H2,1-2H3,(H,17,19). The number of fused-ring (bicyclic) bond motifs is 1. The van der Waals surface area contributed by atoms with Crippen LogP contribution in [0.15, 0.2) is 11.4 Å². The van der Waals surface area contributed by atoms with Crippen molar-refractivity contribution in [1.29, 1.82) is 0 Å². The van der Waals surface area contributed by atoms with Gasteiger partial charge in [0.05, 0.1) is 12.3 Å². The summed E-state index contributed by atoms with van der Waals surface area (Å²) >= 11 is 1.64. The van der Waals surface area contributed by atoms with Gasteiger partial charge in [0.25, 0.3) is 0 Å². The normalized spacial score (nSPS) is 14.0. The molecular formula is C16H21N3OS. The second kappa shape index (κ2) is 6.54. The van der Waals surface area contributed by atoms with Crippen molar-refractivity contribution in [2.75, 3.05) is 25.6 Å². The van der Waals surface area contributed by atoms with Crippen LogP contribution in [0, 0.1) is 6.92 Å². The van der Waals surface area contributed by atoms with E-state index in [0.717, 1.165) is 35.9 Å². The van der Waals surface area contributed by atoms with Gasteiger partial charge in [0.15, 0.2) is 5.13 Å². The predicted octanol–water partition coefficient (Wildman–Crippen LogP) is 3.45. The third kappa shape index (κ3) is 3.24. The average Bonchev–Trinajstić information content (AvgIpc) is 2.95. The second-order valence-corrected chi connectivity index (χ2v) is 6.25. The third-order valence-corrected chi connectivity index (χ3v) is 4.65. The fourth-order valence-corrected chi connectivity index (χ4v) is 3.47. The van der Waals surface area contributed by atoms with E-state index in [2.05, 4.69) is 28.7 Å². The fraction of sp³-hybridized carbons (Fsp3) is 0.500. The molecule has 1 aliphatic carbocycles. The monoisotopic (exact) mass is 303 g/mol. The summed E-state index contributed by atoms with van der Waals surface area (Å²) in [7, 11) is 1.71. The Morgan fingerprint density at radius 3 is 3.00 bits per heavy atom. The van der Waals surface area contributed by atoms with E-state index in [4.69, 9.17) is 9.72 Å². The number of aromatic nitrogens is 2. The molecule has 0 amide bonds. The summed E-state index contributed by atoms with van der Waals surface area (Å²) in [5, 5.41) is 6.33. The third-order valence-electron chi connectivity index (χ3n) is 3.85. The first-order chi connectivity index (χ1) is 10.3. The van der Waals surface area contributed by atoms with Crippen LogP contribution in [0.5, 0.6) is 0 Å². The number of methoxy groups -OCH3 is 1. The van der Waals surface area contributed by atoms with Crippen molar-refractivity contribution in [2.45, 2.75) is 32.6 Å². The molecule has 0 aliphatic heterocycles. The van der Waals surface area contributed by atoms with Crippen molar-refractivity contribution in [3.63, 3.8) is 0 Å².